The van der Waals surface area contributed by atoms with Crippen molar-refractivity contribution in [1.29, 1.82) is 0 Å². The lowest BCUT2D eigenvalue weighted by Gasteiger charge is -2.07. The van der Waals surface area contributed by atoms with E-state index in [1.165, 1.54) is 0 Å². The van der Waals surface area contributed by atoms with E-state index >= 15 is 0 Å². The summed E-state index contributed by atoms with van der Waals surface area (Å²) in [6.07, 6.45) is 3.27. The molecule has 2 N–H and O–H groups in total. The van der Waals surface area contributed by atoms with Crippen LogP contribution in [0.2, 0.25) is 0 Å². The molecule has 0 unspecified atom stereocenters. The molecule has 0 heterocycles. The van der Waals surface area contributed by atoms with Crippen LogP contribution < -0.4 is 14.8 Å². The van der Waals surface area contributed by atoms with Crippen molar-refractivity contribution in [2.24, 2.45) is 0 Å². The molecule has 0 aliphatic heterocycles. The van der Waals surface area contributed by atoms with Crippen molar-refractivity contribution in [2.75, 3.05) is 32.8 Å². The van der Waals surface area contributed by atoms with Gasteiger partial charge in [0.2, 0.25) is 0 Å². The molecule has 2 aromatic carbocycles. The summed E-state index contributed by atoms with van der Waals surface area (Å²) in [5.74, 6) is 1.50. The largest absolute Gasteiger partial charge is 0.497 e. The Morgan fingerprint density at radius 3 is 2.48 bits per heavy atom. The van der Waals surface area contributed by atoms with Gasteiger partial charge in [0.1, 0.15) is 18.1 Å². The Balaban J connectivity index is 2.06. The Morgan fingerprint density at radius 2 is 1.84 bits per heavy atom. The molecule has 6 nitrogen and oxygen atoms in total. The second-order valence-electron chi connectivity index (χ2n) is 5.05. The van der Waals surface area contributed by atoms with E-state index in [1.54, 1.807) is 26.4 Å². The molecule has 0 spiro atoms. The number of anilines is 1. The Morgan fingerprint density at radius 1 is 1.08 bits per heavy atom. The number of methoxy groups -OCH3 is 2. The third-order valence-electron chi connectivity index (χ3n) is 3.37. The highest BCUT2D eigenvalue weighted by molar-refractivity contribution is 5.85. The van der Waals surface area contributed by atoms with Gasteiger partial charge in [0, 0.05) is 11.3 Å². The summed E-state index contributed by atoms with van der Waals surface area (Å²) in [4.78, 5) is 11.4. The first-order chi connectivity index (χ1) is 12.2. The molecular weight excluding hydrogens is 322 g/mol. The van der Waals surface area contributed by atoms with Gasteiger partial charge in [-0.15, -0.1) is 0 Å². The first-order valence-electron chi connectivity index (χ1n) is 7.71. The maximum atomic E-state index is 11.4. The van der Waals surface area contributed by atoms with Crippen LogP contribution in [-0.2, 0) is 4.74 Å². The second-order valence-corrected chi connectivity index (χ2v) is 5.05. The van der Waals surface area contributed by atoms with Crippen LogP contribution in [0.25, 0.3) is 12.2 Å². The predicted molar refractivity (Wildman–Crippen MR) is 97.0 cm³/mol. The van der Waals surface area contributed by atoms with Crippen molar-refractivity contribution in [3.63, 3.8) is 0 Å². The van der Waals surface area contributed by atoms with Gasteiger partial charge in [-0.1, -0.05) is 24.3 Å². The lowest BCUT2D eigenvalue weighted by Crippen LogP contribution is -2.15. The smallest absolute Gasteiger partial charge is 0.411 e. The van der Waals surface area contributed by atoms with Gasteiger partial charge in [-0.2, -0.15) is 0 Å². The van der Waals surface area contributed by atoms with Crippen LogP contribution in [0.1, 0.15) is 11.1 Å². The van der Waals surface area contributed by atoms with Gasteiger partial charge >= 0.3 is 6.09 Å². The molecule has 2 aromatic rings. The average Bonchev–Trinajstić information content (AvgIpc) is 2.65. The van der Waals surface area contributed by atoms with Gasteiger partial charge < -0.3 is 19.3 Å². The van der Waals surface area contributed by atoms with E-state index in [0.717, 1.165) is 22.6 Å². The molecule has 25 heavy (non-hydrogen) atoms. The van der Waals surface area contributed by atoms with Gasteiger partial charge in [0.25, 0.3) is 0 Å². The second kappa shape index (κ2) is 9.34. The minimum atomic E-state index is -0.599. The van der Waals surface area contributed by atoms with E-state index in [9.17, 15) is 4.79 Å². The Hall–Kier alpha value is -2.99. The molecule has 0 aliphatic carbocycles. The molecule has 132 valence electrons. The zero-order valence-corrected chi connectivity index (χ0v) is 14.2. The summed E-state index contributed by atoms with van der Waals surface area (Å²) in [5, 5.41) is 11.2. The normalized spacial score (nSPS) is 10.5. The highest BCUT2D eigenvalue weighted by Crippen LogP contribution is 2.26. The number of hydrogen-bond acceptors (Lipinski definition) is 5. The number of carbonyl (C=O) groups excluding carboxylic acids is 1. The molecule has 0 saturated heterocycles. The standard InChI is InChI=1S/C19H21NO5/c1-23-17-9-10-18(24-2)15(13-17)6-3-14-4-7-16(8-5-14)20-19(22)25-12-11-21/h3-10,13,21H,11-12H2,1-2H3,(H,20,22). The van der Waals surface area contributed by atoms with Crippen molar-refractivity contribution >= 4 is 23.9 Å². The number of carbonyl (C=O) groups is 1. The molecule has 0 radical (unpaired) electrons. The molecule has 0 bridgehead atoms. The molecule has 0 saturated carbocycles. The Labute approximate surface area is 146 Å². The topological polar surface area (TPSA) is 77.0 Å². The monoisotopic (exact) mass is 343 g/mol. The molecule has 6 heteroatoms. The summed E-state index contributed by atoms with van der Waals surface area (Å²) in [5.41, 5.74) is 2.47. The highest BCUT2D eigenvalue weighted by atomic mass is 16.6. The predicted octanol–water partition coefficient (Wildman–Crippen LogP) is 3.42. The minimum absolute atomic E-state index is 0.0327. The van der Waals surface area contributed by atoms with E-state index in [2.05, 4.69) is 5.32 Å². The lowest BCUT2D eigenvalue weighted by atomic mass is 10.1. The number of nitrogens with one attached hydrogen (secondary N) is 1. The molecule has 0 aliphatic rings. The van der Waals surface area contributed by atoms with Crippen molar-refractivity contribution in [3.8, 4) is 11.5 Å². The highest BCUT2D eigenvalue weighted by Gasteiger charge is 2.03. The van der Waals surface area contributed by atoms with Crippen LogP contribution in [0, 0.1) is 0 Å². The number of hydrogen-bond donors (Lipinski definition) is 2. The number of ether oxygens (including phenoxy) is 3. The summed E-state index contributed by atoms with van der Waals surface area (Å²) in [6.45, 7) is -0.236. The number of aliphatic hydroxyl groups is 1. The molecular formula is C19H21NO5. The van der Waals surface area contributed by atoms with Crippen LogP contribution in [0.4, 0.5) is 10.5 Å². The van der Waals surface area contributed by atoms with Gasteiger partial charge in [-0.05, 0) is 35.9 Å². The van der Waals surface area contributed by atoms with Gasteiger partial charge in [0.15, 0.2) is 0 Å². The number of rotatable bonds is 7. The maximum Gasteiger partial charge on any atom is 0.411 e. The van der Waals surface area contributed by atoms with Crippen LogP contribution in [-0.4, -0.2) is 38.6 Å². The van der Waals surface area contributed by atoms with Gasteiger partial charge in [0.05, 0.1) is 20.8 Å². The molecule has 0 aromatic heterocycles. The summed E-state index contributed by atoms with van der Waals surface area (Å²) in [6, 6.07) is 12.8. The van der Waals surface area contributed by atoms with Crippen molar-refractivity contribution in [1.82, 2.24) is 0 Å². The quantitative estimate of drug-likeness (QED) is 0.753. The van der Waals surface area contributed by atoms with E-state index in [1.807, 2.05) is 42.5 Å². The minimum Gasteiger partial charge on any atom is -0.497 e. The fraction of sp³-hybridized carbons (Fsp3) is 0.211. The average molecular weight is 343 g/mol. The molecule has 0 fully saturated rings. The first kappa shape index (κ1) is 18.4. The fourth-order valence-corrected chi connectivity index (χ4v) is 2.13. The Kier molecular flexibility index (Phi) is 6.86. The SMILES string of the molecule is COc1ccc(OC)c(C=Cc2ccc(NC(=O)OCCO)cc2)c1. The molecule has 1 amide bonds. The first-order valence-corrected chi connectivity index (χ1v) is 7.71. The van der Waals surface area contributed by atoms with Crippen LogP contribution in [0.5, 0.6) is 11.5 Å². The van der Waals surface area contributed by atoms with Crippen LogP contribution in [0.15, 0.2) is 42.5 Å². The number of benzene rings is 2. The number of aliphatic hydroxyl groups excluding tert-OH is 1. The maximum absolute atomic E-state index is 11.4. The number of amides is 1. The van der Waals surface area contributed by atoms with Crippen molar-refractivity contribution < 1.29 is 24.1 Å². The van der Waals surface area contributed by atoms with E-state index < -0.39 is 6.09 Å². The summed E-state index contributed by atoms with van der Waals surface area (Å²) >= 11 is 0. The van der Waals surface area contributed by atoms with Crippen LogP contribution in [0.3, 0.4) is 0 Å². The fourth-order valence-electron chi connectivity index (χ4n) is 2.13. The summed E-state index contributed by atoms with van der Waals surface area (Å²) < 4.78 is 15.3. The van der Waals surface area contributed by atoms with Gasteiger partial charge in [-0.25, -0.2) is 4.79 Å². The van der Waals surface area contributed by atoms with Gasteiger partial charge in [-0.3, -0.25) is 5.32 Å². The molecule has 0 atom stereocenters. The molecule has 2 rings (SSSR count). The third kappa shape index (κ3) is 5.54. The van der Waals surface area contributed by atoms with Crippen molar-refractivity contribution in [2.45, 2.75) is 0 Å². The Bertz CT molecular complexity index is 725. The van der Waals surface area contributed by atoms with E-state index in [0.29, 0.717) is 5.69 Å². The van der Waals surface area contributed by atoms with E-state index in [4.69, 9.17) is 19.3 Å². The van der Waals surface area contributed by atoms with Crippen molar-refractivity contribution in [3.05, 3.63) is 53.6 Å². The zero-order valence-electron chi connectivity index (χ0n) is 14.2. The summed E-state index contributed by atoms with van der Waals surface area (Å²) in [7, 11) is 3.24. The lowest BCUT2D eigenvalue weighted by molar-refractivity contribution is 0.131. The van der Waals surface area contributed by atoms with Crippen LogP contribution >= 0.6 is 0 Å². The van der Waals surface area contributed by atoms with E-state index in [-0.39, 0.29) is 13.2 Å². The third-order valence-corrected chi connectivity index (χ3v) is 3.37. The zero-order chi connectivity index (χ0) is 18.1.